The minimum absolute atomic E-state index is 0.512. The highest BCUT2D eigenvalue weighted by Gasteiger charge is 2.16. The highest BCUT2D eigenvalue weighted by Crippen LogP contribution is 2.20. The lowest BCUT2D eigenvalue weighted by atomic mass is 9.94. The van der Waals surface area contributed by atoms with E-state index in [9.17, 15) is 0 Å². The molecular weight excluding hydrogens is 232 g/mol. The third kappa shape index (κ3) is 11.5. The predicted octanol–water partition coefficient (Wildman–Crippen LogP) is 6.36. The Balaban J connectivity index is 3.77. The Morgan fingerprint density at radius 2 is 1.32 bits per heavy atom. The summed E-state index contributed by atoms with van der Waals surface area (Å²) in [6.45, 7) is 10.1. The fourth-order valence-corrected chi connectivity index (χ4v) is 2.68. The highest BCUT2D eigenvalue weighted by molar-refractivity contribution is 4.67. The molecule has 0 aliphatic heterocycles. The quantitative estimate of drug-likeness (QED) is 0.334. The van der Waals surface area contributed by atoms with E-state index in [-0.39, 0.29) is 0 Å². The van der Waals surface area contributed by atoms with Gasteiger partial charge in [0.2, 0.25) is 0 Å². The van der Waals surface area contributed by atoms with Gasteiger partial charge in [0.05, 0.1) is 6.10 Å². The van der Waals surface area contributed by atoms with E-state index in [0.717, 1.165) is 12.5 Å². The van der Waals surface area contributed by atoms with Crippen LogP contribution in [-0.2, 0) is 4.74 Å². The maximum Gasteiger partial charge on any atom is 0.0600 e. The molecule has 0 aliphatic rings. The number of unbranched alkanes of at least 4 members (excludes halogenated alkanes) is 6. The SMILES string of the molecule is CCCCCCCCC(OCCCC)C(C)CCC. The summed E-state index contributed by atoms with van der Waals surface area (Å²) in [6, 6.07) is 0. The third-order valence-corrected chi connectivity index (χ3v) is 4.05. The van der Waals surface area contributed by atoms with Gasteiger partial charge in [0, 0.05) is 6.61 Å². The van der Waals surface area contributed by atoms with E-state index in [1.807, 2.05) is 0 Å². The van der Waals surface area contributed by atoms with Crippen LogP contribution in [0.15, 0.2) is 0 Å². The molecular formula is C18H38O. The van der Waals surface area contributed by atoms with Gasteiger partial charge in [-0.25, -0.2) is 0 Å². The molecule has 0 aromatic heterocycles. The van der Waals surface area contributed by atoms with Crippen LogP contribution in [-0.4, -0.2) is 12.7 Å². The van der Waals surface area contributed by atoms with Gasteiger partial charge in [0.1, 0.15) is 0 Å². The van der Waals surface area contributed by atoms with Crippen LogP contribution in [0.3, 0.4) is 0 Å². The fourth-order valence-electron chi connectivity index (χ4n) is 2.68. The maximum atomic E-state index is 6.12. The summed E-state index contributed by atoms with van der Waals surface area (Å²) < 4.78 is 6.12. The van der Waals surface area contributed by atoms with E-state index in [4.69, 9.17) is 4.74 Å². The standard InChI is InChI=1S/C18H38O/c1-5-8-10-11-12-13-15-18(17(4)14-7-3)19-16-9-6-2/h17-18H,5-16H2,1-4H3. The second-order valence-electron chi connectivity index (χ2n) is 6.09. The fraction of sp³-hybridized carbons (Fsp3) is 1.00. The topological polar surface area (TPSA) is 9.23 Å². The summed E-state index contributed by atoms with van der Waals surface area (Å²) >= 11 is 0. The molecule has 2 unspecified atom stereocenters. The lowest BCUT2D eigenvalue weighted by Gasteiger charge is -2.24. The summed E-state index contributed by atoms with van der Waals surface area (Å²) in [7, 11) is 0. The Kier molecular flexibility index (Phi) is 14.3. The lowest BCUT2D eigenvalue weighted by molar-refractivity contribution is 0.00617. The first kappa shape index (κ1) is 19.0. The molecule has 0 saturated heterocycles. The van der Waals surface area contributed by atoms with Gasteiger partial charge in [-0.2, -0.15) is 0 Å². The molecule has 0 heterocycles. The molecule has 0 aromatic carbocycles. The molecule has 19 heavy (non-hydrogen) atoms. The van der Waals surface area contributed by atoms with E-state index in [0.29, 0.717) is 6.10 Å². The van der Waals surface area contributed by atoms with Crippen molar-refractivity contribution < 1.29 is 4.74 Å². The molecule has 0 aromatic rings. The molecule has 2 atom stereocenters. The Labute approximate surface area is 122 Å². The average molecular weight is 271 g/mol. The van der Waals surface area contributed by atoms with E-state index < -0.39 is 0 Å². The van der Waals surface area contributed by atoms with Crippen LogP contribution in [0, 0.1) is 5.92 Å². The zero-order chi connectivity index (χ0) is 14.3. The first-order valence-electron chi connectivity index (χ1n) is 8.87. The summed E-state index contributed by atoms with van der Waals surface area (Å²) in [6.07, 6.45) is 15.2. The molecule has 0 spiro atoms. The number of hydrogen-bond acceptors (Lipinski definition) is 1. The van der Waals surface area contributed by atoms with E-state index in [2.05, 4.69) is 27.7 Å². The zero-order valence-corrected chi connectivity index (χ0v) is 14.0. The average Bonchev–Trinajstić information content (AvgIpc) is 2.41. The first-order chi connectivity index (χ1) is 9.26. The van der Waals surface area contributed by atoms with Crippen LogP contribution < -0.4 is 0 Å². The van der Waals surface area contributed by atoms with Crippen molar-refractivity contribution in [3.05, 3.63) is 0 Å². The van der Waals surface area contributed by atoms with Crippen LogP contribution in [0.5, 0.6) is 0 Å². The number of hydrogen-bond donors (Lipinski definition) is 0. The Morgan fingerprint density at radius 1 is 0.684 bits per heavy atom. The predicted molar refractivity (Wildman–Crippen MR) is 86.7 cm³/mol. The van der Waals surface area contributed by atoms with Gasteiger partial charge in [-0.15, -0.1) is 0 Å². The van der Waals surface area contributed by atoms with Gasteiger partial charge < -0.3 is 4.74 Å². The molecule has 0 fully saturated rings. The van der Waals surface area contributed by atoms with Crippen LogP contribution in [0.4, 0.5) is 0 Å². The summed E-state index contributed by atoms with van der Waals surface area (Å²) in [5.74, 6) is 0.734. The van der Waals surface area contributed by atoms with Crippen molar-refractivity contribution in [2.24, 2.45) is 5.92 Å². The van der Waals surface area contributed by atoms with Crippen molar-refractivity contribution in [3.63, 3.8) is 0 Å². The van der Waals surface area contributed by atoms with E-state index in [1.54, 1.807) is 0 Å². The van der Waals surface area contributed by atoms with Crippen molar-refractivity contribution in [2.45, 2.75) is 104 Å². The molecule has 0 N–H and O–H groups in total. The van der Waals surface area contributed by atoms with Gasteiger partial charge in [-0.1, -0.05) is 79.1 Å². The Bertz CT molecular complexity index is 167. The zero-order valence-electron chi connectivity index (χ0n) is 14.0. The molecule has 116 valence electrons. The van der Waals surface area contributed by atoms with E-state index in [1.165, 1.54) is 70.6 Å². The van der Waals surface area contributed by atoms with Gasteiger partial charge in [0.25, 0.3) is 0 Å². The second-order valence-corrected chi connectivity index (χ2v) is 6.09. The largest absolute Gasteiger partial charge is 0.378 e. The Hall–Kier alpha value is -0.0400. The molecule has 0 radical (unpaired) electrons. The van der Waals surface area contributed by atoms with Crippen LogP contribution >= 0.6 is 0 Å². The molecule has 0 bridgehead atoms. The molecule has 1 heteroatoms. The smallest absolute Gasteiger partial charge is 0.0600 e. The van der Waals surface area contributed by atoms with Gasteiger partial charge in [0.15, 0.2) is 0 Å². The molecule has 0 amide bonds. The number of ether oxygens (including phenoxy) is 1. The minimum atomic E-state index is 0.512. The lowest BCUT2D eigenvalue weighted by Crippen LogP contribution is -2.22. The van der Waals surface area contributed by atoms with Crippen molar-refractivity contribution in [3.8, 4) is 0 Å². The van der Waals surface area contributed by atoms with Crippen LogP contribution in [0.2, 0.25) is 0 Å². The highest BCUT2D eigenvalue weighted by atomic mass is 16.5. The van der Waals surface area contributed by atoms with Gasteiger partial charge in [-0.05, 0) is 25.2 Å². The van der Waals surface area contributed by atoms with Crippen molar-refractivity contribution in [1.29, 1.82) is 0 Å². The van der Waals surface area contributed by atoms with Crippen molar-refractivity contribution >= 4 is 0 Å². The minimum Gasteiger partial charge on any atom is -0.378 e. The Morgan fingerprint density at radius 3 is 1.95 bits per heavy atom. The molecule has 0 aliphatic carbocycles. The number of rotatable bonds is 14. The first-order valence-corrected chi connectivity index (χ1v) is 8.87. The summed E-state index contributed by atoms with van der Waals surface area (Å²) in [4.78, 5) is 0. The van der Waals surface area contributed by atoms with Gasteiger partial charge >= 0.3 is 0 Å². The van der Waals surface area contributed by atoms with E-state index >= 15 is 0 Å². The van der Waals surface area contributed by atoms with Crippen molar-refractivity contribution in [1.82, 2.24) is 0 Å². The van der Waals surface area contributed by atoms with Crippen molar-refractivity contribution in [2.75, 3.05) is 6.61 Å². The normalized spacial score (nSPS) is 14.5. The monoisotopic (exact) mass is 270 g/mol. The van der Waals surface area contributed by atoms with Crippen LogP contribution in [0.1, 0.15) is 98.3 Å². The van der Waals surface area contributed by atoms with Crippen LogP contribution in [0.25, 0.3) is 0 Å². The third-order valence-electron chi connectivity index (χ3n) is 4.05. The maximum absolute atomic E-state index is 6.12. The summed E-state index contributed by atoms with van der Waals surface area (Å²) in [5, 5.41) is 0. The second kappa shape index (κ2) is 14.4. The van der Waals surface area contributed by atoms with Gasteiger partial charge in [-0.3, -0.25) is 0 Å². The molecule has 0 rings (SSSR count). The summed E-state index contributed by atoms with van der Waals surface area (Å²) in [5.41, 5.74) is 0. The molecule has 1 nitrogen and oxygen atoms in total. The molecule has 0 saturated carbocycles.